The minimum Gasteiger partial charge on any atom is -0.467 e. The highest BCUT2D eigenvalue weighted by Gasteiger charge is 2.23. The molecule has 0 fully saturated rings. The van der Waals surface area contributed by atoms with Crippen molar-refractivity contribution in [3.8, 4) is 0 Å². The Morgan fingerprint density at radius 2 is 2.05 bits per heavy atom. The lowest BCUT2D eigenvalue weighted by molar-refractivity contribution is -0.142. The van der Waals surface area contributed by atoms with E-state index in [0.29, 0.717) is 12.0 Å². The molecule has 0 aliphatic carbocycles. The number of benzene rings is 1. The van der Waals surface area contributed by atoms with Gasteiger partial charge in [-0.25, -0.2) is 4.79 Å². The summed E-state index contributed by atoms with van der Waals surface area (Å²) in [6, 6.07) is 8.72. The van der Waals surface area contributed by atoms with Crippen LogP contribution in [0.15, 0.2) is 42.7 Å². The van der Waals surface area contributed by atoms with E-state index in [4.69, 9.17) is 4.74 Å². The van der Waals surface area contributed by atoms with Crippen molar-refractivity contribution in [2.45, 2.75) is 12.5 Å². The first-order chi connectivity index (χ1) is 10.1. The second kappa shape index (κ2) is 6.69. The molecule has 2 rings (SSSR count). The fourth-order valence-electron chi connectivity index (χ4n) is 1.97. The predicted octanol–water partition coefficient (Wildman–Crippen LogP) is 0.934. The molecule has 21 heavy (non-hydrogen) atoms. The molecule has 0 aliphatic rings. The van der Waals surface area contributed by atoms with E-state index in [-0.39, 0.29) is 5.91 Å². The summed E-state index contributed by atoms with van der Waals surface area (Å²) in [5.74, 6) is -0.828. The maximum atomic E-state index is 12.1. The van der Waals surface area contributed by atoms with Gasteiger partial charge >= 0.3 is 5.97 Å². The zero-order valence-corrected chi connectivity index (χ0v) is 11.9. The molecule has 6 heteroatoms. The van der Waals surface area contributed by atoms with Crippen molar-refractivity contribution in [3.05, 3.63) is 53.9 Å². The van der Waals surface area contributed by atoms with Crippen LogP contribution in [0.1, 0.15) is 15.9 Å². The lowest BCUT2D eigenvalue weighted by Crippen LogP contribution is -2.43. The molecule has 0 spiro atoms. The van der Waals surface area contributed by atoms with Crippen LogP contribution in [-0.4, -0.2) is 34.8 Å². The molecule has 1 aromatic heterocycles. The van der Waals surface area contributed by atoms with E-state index >= 15 is 0 Å². The molecule has 1 aromatic carbocycles. The maximum absolute atomic E-state index is 12.1. The number of amides is 1. The number of aryl methyl sites for hydroxylation is 1. The molecule has 110 valence electrons. The maximum Gasteiger partial charge on any atom is 0.328 e. The molecule has 0 saturated carbocycles. The summed E-state index contributed by atoms with van der Waals surface area (Å²) in [6.07, 6.45) is 3.41. The van der Waals surface area contributed by atoms with Gasteiger partial charge in [-0.3, -0.25) is 9.48 Å². The van der Waals surface area contributed by atoms with Crippen molar-refractivity contribution >= 4 is 11.9 Å². The van der Waals surface area contributed by atoms with Gasteiger partial charge in [0.05, 0.1) is 18.9 Å². The molecule has 6 nitrogen and oxygen atoms in total. The zero-order valence-electron chi connectivity index (χ0n) is 11.9. The third-order valence-corrected chi connectivity index (χ3v) is 3.04. The Bertz CT molecular complexity index is 622. The fourth-order valence-corrected chi connectivity index (χ4v) is 1.97. The highest BCUT2D eigenvalue weighted by atomic mass is 16.5. The van der Waals surface area contributed by atoms with E-state index in [9.17, 15) is 9.59 Å². The van der Waals surface area contributed by atoms with Crippen molar-refractivity contribution in [1.29, 1.82) is 0 Å². The number of rotatable bonds is 5. The van der Waals surface area contributed by atoms with Gasteiger partial charge in [-0.05, 0) is 5.56 Å². The largest absolute Gasteiger partial charge is 0.467 e. The first-order valence-corrected chi connectivity index (χ1v) is 6.51. The monoisotopic (exact) mass is 287 g/mol. The van der Waals surface area contributed by atoms with Crippen LogP contribution in [0.25, 0.3) is 0 Å². The molecule has 0 aliphatic heterocycles. The molecular formula is C15H17N3O3. The summed E-state index contributed by atoms with van der Waals surface area (Å²) in [5, 5.41) is 6.61. The van der Waals surface area contributed by atoms with Crippen LogP contribution in [0.5, 0.6) is 0 Å². The summed E-state index contributed by atoms with van der Waals surface area (Å²) in [6.45, 7) is 0. The van der Waals surface area contributed by atoms with Gasteiger partial charge in [0.2, 0.25) is 0 Å². The lowest BCUT2D eigenvalue weighted by atomic mass is 10.1. The van der Waals surface area contributed by atoms with Crippen LogP contribution in [0.3, 0.4) is 0 Å². The van der Waals surface area contributed by atoms with Crippen LogP contribution in [0.2, 0.25) is 0 Å². The summed E-state index contributed by atoms with van der Waals surface area (Å²) < 4.78 is 6.28. The minimum atomic E-state index is -0.731. The molecule has 0 radical (unpaired) electrons. The third-order valence-electron chi connectivity index (χ3n) is 3.04. The molecule has 0 bridgehead atoms. The average Bonchev–Trinajstić information content (AvgIpc) is 2.93. The zero-order chi connectivity index (χ0) is 15.2. The number of carbonyl (C=O) groups excluding carboxylic acids is 2. The smallest absolute Gasteiger partial charge is 0.328 e. The topological polar surface area (TPSA) is 73.2 Å². The highest BCUT2D eigenvalue weighted by Crippen LogP contribution is 2.06. The van der Waals surface area contributed by atoms with Crippen molar-refractivity contribution in [2.24, 2.45) is 7.05 Å². The van der Waals surface area contributed by atoms with Crippen molar-refractivity contribution in [2.75, 3.05) is 7.11 Å². The third kappa shape index (κ3) is 3.92. The Morgan fingerprint density at radius 3 is 2.62 bits per heavy atom. The normalized spacial score (nSPS) is 11.7. The average molecular weight is 287 g/mol. The molecule has 1 heterocycles. The van der Waals surface area contributed by atoms with Crippen LogP contribution in [-0.2, 0) is 23.0 Å². The molecular weight excluding hydrogens is 270 g/mol. The van der Waals surface area contributed by atoms with Crippen molar-refractivity contribution in [3.63, 3.8) is 0 Å². The van der Waals surface area contributed by atoms with Gasteiger partial charge in [0.15, 0.2) is 0 Å². The van der Waals surface area contributed by atoms with Gasteiger partial charge in [0, 0.05) is 19.7 Å². The number of nitrogens with one attached hydrogen (secondary N) is 1. The number of hydrogen-bond acceptors (Lipinski definition) is 4. The summed E-state index contributed by atoms with van der Waals surface area (Å²) >= 11 is 0. The van der Waals surface area contributed by atoms with Gasteiger partial charge in [0.1, 0.15) is 6.04 Å². The van der Waals surface area contributed by atoms with E-state index in [1.807, 2.05) is 30.3 Å². The van der Waals surface area contributed by atoms with E-state index in [1.54, 1.807) is 13.2 Å². The fraction of sp³-hybridized carbons (Fsp3) is 0.267. The Morgan fingerprint density at radius 1 is 1.33 bits per heavy atom. The van der Waals surface area contributed by atoms with Gasteiger partial charge in [-0.15, -0.1) is 0 Å². The van der Waals surface area contributed by atoms with Crippen LogP contribution < -0.4 is 5.32 Å². The number of hydrogen-bond donors (Lipinski definition) is 1. The second-order valence-electron chi connectivity index (χ2n) is 4.64. The lowest BCUT2D eigenvalue weighted by Gasteiger charge is -2.16. The van der Waals surface area contributed by atoms with Gasteiger partial charge in [-0.2, -0.15) is 5.10 Å². The molecule has 1 unspecified atom stereocenters. The highest BCUT2D eigenvalue weighted by molar-refractivity contribution is 5.96. The number of ether oxygens (including phenoxy) is 1. The number of aromatic nitrogens is 2. The Hall–Kier alpha value is -2.63. The van der Waals surface area contributed by atoms with Crippen molar-refractivity contribution in [1.82, 2.24) is 15.1 Å². The Kier molecular flexibility index (Phi) is 4.71. The molecule has 0 saturated heterocycles. The standard InChI is InChI=1S/C15H17N3O3/c1-18-10-12(9-16-18)14(19)17-13(15(20)21-2)8-11-6-4-3-5-7-11/h3-7,9-10,13H,8H2,1-2H3,(H,17,19). The molecule has 1 atom stereocenters. The van der Waals surface area contributed by atoms with Gasteiger partial charge in [-0.1, -0.05) is 30.3 Å². The van der Waals surface area contributed by atoms with E-state index < -0.39 is 12.0 Å². The summed E-state index contributed by atoms with van der Waals surface area (Å²) in [5.41, 5.74) is 1.35. The van der Waals surface area contributed by atoms with Crippen LogP contribution >= 0.6 is 0 Å². The first kappa shape index (κ1) is 14.8. The van der Waals surface area contributed by atoms with Crippen LogP contribution in [0.4, 0.5) is 0 Å². The van der Waals surface area contributed by atoms with Gasteiger partial charge in [0.25, 0.3) is 5.91 Å². The van der Waals surface area contributed by atoms with E-state index in [2.05, 4.69) is 10.4 Å². The number of esters is 1. The molecule has 1 N–H and O–H groups in total. The quantitative estimate of drug-likeness (QED) is 0.830. The SMILES string of the molecule is COC(=O)C(Cc1ccccc1)NC(=O)c1cnn(C)c1. The summed E-state index contributed by atoms with van der Waals surface area (Å²) in [4.78, 5) is 23.9. The van der Waals surface area contributed by atoms with E-state index in [0.717, 1.165) is 5.56 Å². The van der Waals surface area contributed by atoms with E-state index in [1.165, 1.54) is 18.0 Å². The Labute approximate surface area is 122 Å². The van der Waals surface area contributed by atoms with Crippen molar-refractivity contribution < 1.29 is 14.3 Å². The predicted molar refractivity (Wildman–Crippen MR) is 76.6 cm³/mol. The number of carbonyl (C=O) groups is 2. The van der Waals surface area contributed by atoms with Gasteiger partial charge < -0.3 is 10.1 Å². The minimum absolute atomic E-state index is 0.352. The van der Waals surface area contributed by atoms with Crippen LogP contribution in [0, 0.1) is 0 Å². The first-order valence-electron chi connectivity index (χ1n) is 6.51. The number of methoxy groups -OCH3 is 1. The second-order valence-corrected chi connectivity index (χ2v) is 4.64. The molecule has 1 amide bonds. The molecule has 2 aromatic rings. The number of nitrogens with zero attached hydrogens (tertiary/aromatic N) is 2. The summed E-state index contributed by atoms with van der Waals surface area (Å²) in [7, 11) is 3.02. The Balaban J connectivity index is 2.09.